The maximum absolute atomic E-state index is 12.3. The van der Waals surface area contributed by atoms with Gasteiger partial charge >= 0.3 is 0 Å². The van der Waals surface area contributed by atoms with Gasteiger partial charge in [0.05, 0.1) is 6.26 Å². The molecule has 1 aliphatic rings. The molecule has 2 aromatic rings. The lowest BCUT2D eigenvalue weighted by Crippen LogP contribution is -2.10. The largest absolute Gasteiger partial charge is 0.454 e. The highest BCUT2D eigenvalue weighted by molar-refractivity contribution is 7.92. The molecule has 2 aromatic carbocycles. The average Bonchev–Trinajstić information content (AvgIpc) is 3.00. The second-order valence-corrected chi connectivity index (χ2v) is 6.98. The van der Waals surface area contributed by atoms with Crippen molar-refractivity contribution in [3.8, 4) is 11.5 Å². The highest BCUT2D eigenvalue weighted by Crippen LogP contribution is 2.35. The first-order valence-corrected chi connectivity index (χ1v) is 9.00. The average molecular weight is 345 g/mol. The Morgan fingerprint density at radius 3 is 2.75 bits per heavy atom. The van der Waals surface area contributed by atoms with Gasteiger partial charge in [-0.15, -0.1) is 0 Å². The van der Waals surface area contributed by atoms with Crippen molar-refractivity contribution in [2.45, 2.75) is 0 Å². The summed E-state index contributed by atoms with van der Waals surface area (Å²) >= 11 is 0. The molecule has 0 atom stereocenters. The van der Waals surface area contributed by atoms with Gasteiger partial charge in [0, 0.05) is 16.8 Å². The number of anilines is 1. The van der Waals surface area contributed by atoms with Crippen LogP contribution in [0.5, 0.6) is 11.5 Å². The number of para-hydroxylation sites is 1. The minimum Gasteiger partial charge on any atom is -0.454 e. The van der Waals surface area contributed by atoms with Crippen molar-refractivity contribution in [3.63, 3.8) is 0 Å². The molecule has 0 fully saturated rings. The summed E-state index contributed by atoms with van der Waals surface area (Å²) in [5.74, 6) is 1.00. The van der Waals surface area contributed by atoms with Gasteiger partial charge < -0.3 is 9.47 Å². The summed E-state index contributed by atoms with van der Waals surface area (Å²) in [6, 6.07) is 11.7. The third-order valence-corrected chi connectivity index (χ3v) is 3.90. The van der Waals surface area contributed by atoms with Crippen LogP contribution < -0.4 is 14.2 Å². The Bertz CT molecular complexity index is 918. The number of carbonyl (C=O) groups excluding carboxylic acids is 1. The maximum atomic E-state index is 12.3. The Balaban J connectivity index is 1.81. The monoisotopic (exact) mass is 345 g/mol. The lowest BCUT2D eigenvalue weighted by molar-refractivity contribution is 0.104. The third-order valence-electron chi connectivity index (χ3n) is 3.29. The van der Waals surface area contributed by atoms with E-state index in [1.54, 1.807) is 30.3 Å². The standard InChI is InChI=1S/C17H15NO5S/c1-24(20,21)18-14-6-2-5-13(10-14)15(19)9-8-12-4-3-7-16-17(12)23-11-22-16/h2-10,18H,11H2,1H3/b9-8+. The summed E-state index contributed by atoms with van der Waals surface area (Å²) < 4.78 is 35.5. The van der Waals surface area contributed by atoms with E-state index < -0.39 is 10.0 Å². The molecular weight excluding hydrogens is 330 g/mol. The number of sulfonamides is 1. The molecule has 1 heterocycles. The van der Waals surface area contributed by atoms with Gasteiger partial charge in [-0.25, -0.2) is 8.42 Å². The second kappa shape index (κ2) is 6.37. The Hall–Kier alpha value is -2.80. The molecule has 0 saturated heterocycles. The topological polar surface area (TPSA) is 81.7 Å². The van der Waals surface area contributed by atoms with E-state index in [9.17, 15) is 13.2 Å². The first-order chi connectivity index (χ1) is 11.4. The fraction of sp³-hybridized carbons (Fsp3) is 0.118. The van der Waals surface area contributed by atoms with Gasteiger partial charge in [0.2, 0.25) is 16.8 Å². The number of benzene rings is 2. The van der Waals surface area contributed by atoms with Crippen molar-refractivity contribution in [3.05, 3.63) is 59.7 Å². The first-order valence-electron chi connectivity index (χ1n) is 7.11. The van der Waals surface area contributed by atoms with E-state index in [1.807, 2.05) is 12.1 Å². The maximum Gasteiger partial charge on any atom is 0.231 e. The zero-order chi connectivity index (χ0) is 17.2. The van der Waals surface area contributed by atoms with Gasteiger partial charge in [-0.3, -0.25) is 9.52 Å². The van der Waals surface area contributed by atoms with Crippen LogP contribution in [-0.4, -0.2) is 27.2 Å². The number of ether oxygens (including phenoxy) is 2. The molecular formula is C17H15NO5S. The minimum atomic E-state index is -3.39. The SMILES string of the molecule is CS(=O)(=O)Nc1cccc(C(=O)/C=C/c2cccc3c2OCO3)c1. The van der Waals surface area contributed by atoms with E-state index in [1.165, 1.54) is 12.1 Å². The number of fused-ring (bicyclic) bond motifs is 1. The summed E-state index contributed by atoms with van der Waals surface area (Å²) in [5.41, 5.74) is 1.46. The quantitative estimate of drug-likeness (QED) is 0.665. The van der Waals surface area contributed by atoms with E-state index >= 15 is 0 Å². The zero-order valence-electron chi connectivity index (χ0n) is 12.9. The molecule has 1 N–H and O–H groups in total. The molecule has 0 bridgehead atoms. The van der Waals surface area contributed by atoms with Crippen LogP contribution >= 0.6 is 0 Å². The zero-order valence-corrected chi connectivity index (χ0v) is 13.7. The van der Waals surface area contributed by atoms with Gasteiger partial charge in [0.25, 0.3) is 0 Å². The highest BCUT2D eigenvalue weighted by atomic mass is 32.2. The lowest BCUT2D eigenvalue weighted by Gasteiger charge is -2.05. The number of nitrogens with one attached hydrogen (secondary N) is 1. The Labute approximate surface area is 139 Å². The van der Waals surface area contributed by atoms with Crippen LogP contribution in [0.3, 0.4) is 0 Å². The Morgan fingerprint density at radius 1 is 1.17 bits per heavy atom. The van der Waals surface area contributed by atoms with Gasteiger partial charge in [0.15, 0.2) is 17.3 Å². The van der Waals surface area contributed by atoms with Crippen LogP contribution in [0.2, 0.25) is 0 Å². The third kappa shape index (κ3) is 3.75. The van der Waals surface area contributed by atoms with Crippen LogP contribution in [0.4, 0.5) is 5.69 Å². The van der Waals surface area contributed by atoms with Crippen molar-refractivity contribution in [1.29, 1.82) is 0 Å². The fourth-order valence-electron chi connectivity index (χ4n) is 2.30. The Morgan fingerprint density at radius 2 is 1.96 bits per heavy atom. The lowest BCUT2D eigenvalue weighted by atomic mass is 10.1. The number of carbonyl (C=O) groups is 1. The smallest absolute Gasteiger partial charge is 0.231 e. The molecule has 0 spiro atoms. The van der Waals surface area contributed by atoms with Crippen LogP contribution in [0.15, 0.2) is 48.5 Å². The predicted octanol–water partition coefficient (Wildman–Crippen LogP) is 2.68. The minimum absolute atomic E-state index is 0.160. The summed E-state index contributed by atoms with van der Waals surface area (Å²) in [6.45, 7) is 0.160. The predicted molar refractivity (Wildman–Crippen MR) is 90.8 cm³/mol. The highest BCUT2D eigenvalue weighted by Gasteiger charge is 2.15. The number of allylic oxidation sites excluding steroid dienone is 1. The van der Waals surface area contributed by atoms with Crippen LogP contribution in [-0.2, 0) is 10.0 Å². The van der Waals surface area contributed by atoms with E-state index in [2.05, 4.69) is 4.72 Å². The summed E-state index contributed by atoms with van der Waals surface area (Å²) in [4.78, 5) is 12.3. The molecule has 0 aliphatic carbocycles. The van der Waals surface area contributed by atoms with E-state index in [4.69, 9.17) is 9.47 Å². The molecule has 0 aromatic heterocycles. The first kappa shape index (κ1) is 16.1. The molecule has 0 saturated carbocycles. The summed E-state index contributed by atoms with van der Waals surface area (Å²) in [5, 5.41) is 0. The number of rotatable bonds is 5. The molecule has 6 nitrogen and oxygen atoms in total. The molecule has 0 amide bonds. The van der Waals surface area contributed by atoms with E-state index in [0.29, 0.717) is 22.7 Å². The molecule has 0 unspecified atom stereocenters. The fourth-order valence-corrected chi connectivity index (χ4v) is 2.85. The van der Waals surface area contributed by atoms with Crippen molar-refractivity contribution in [2.75, 3.05) is 17.8 Å². The van der Waals surface area contributed by atoms with Gasteiger partial charge in [-0.05, 0) is 30.4 Å². The molecule has 0 radical (unpaired) electrons. The van der Waals surface area contributed by atoms with Crippen molar-refractivity contribution < 1.29 is 22.7 Å². The Kier molecular flexibility index (Phi) is 4.26. The number of hydrogen-bond acceptors (Lipinski definition) is 5. The van der Waals surface area contributed by atoms with Crippen molar-refractivity contribution in [2.24, 2.45) is 0 Å². The van der Waals surface area contributed by atoms with Gasteiger partial charge in [0.1, 0.15) is 0 Å². The number of ketones is 1. The van der Waals surface area contributed by atoms with Crippen LogP contribution in [0, 0.1) is 0 Å². The molecule has 3 rings (SSSR count). The number of hydrogen-bond donors (Lipinski definition) is 1. The van der Waals surface area contributed by atoms with Gasteiger partial charge in [-0.1, -0.05) is 24.3 Å². The normalized spacial score (nSPS) is 13.2. The van der Waals surface area contributed by atoms with Crippen LogP contribution in [0.1, 0.15) is 15.9 Å². The van der Waals surface area contributed by atoms with E-state index in [0.717, 1.165) is 11.8 Å². The molecule has 124 valence electrons. The summed E-state index contributed by atoms with van der Waals surface area (Å²) in [6.07, 6.45) is 4.11. The molecule has 7 heteroatoms. The summed E-state index contributed by atoms with van der Waals surface area (Å²) in [7, 11) is -3.39. The second-order valence-electron chi connectivity index (χ2n) is 5.23. The van der Waals surface area contributed by atoms with Crippen molar-refractivity contribution in [1.82, 2.24) is 0 Å². The van der Waals surface area contributed by atoms with Gasteiger partial charge in [-0.2, -0.15) is 0 Å². The molecule has 24 heavy (non-hydrogen) atoms. The van der Waals surface area contributed by atoms with Crippen molar-refractivity contribution >= 4 is 27.6 Å². The van der Waals surface area contributed by atoms with E-state index in [-0.39, 0.29) is 12.6 Å². The van der Waals surface area contributed by atoms with Crippen LogP contribution in [0.25, 0.3) is 6.08 Å². The molecule has 1 aliphatic heterocycles.